The van der Waals surface area contributed by atoms with Crippen LogP contribution in [0, 0.1) is 0 Å². The lowest BCUT2D eigenvalue weighted by atomic mass is 10.2. The fraction of sp³-hybridized carbons (Fsp3) is 0.222. The molecular weight excluding hydrogens is 306 g/mol. The lowest BCUT2D eigenvalue weighted by molar-refractivity contribution is 0.300. The van der Waals surface area contributed by atoms with E-state index in [4.69, 9.17) is 14.0 Å². The molecule has 0 atom stereocenters. The standard InChI is InChI=1S/C18H17N3O3/c1-22-14-8-6-13(7-9-14)18-19-17(24-20-18)12-21-10-11-23-16-5-3-2-4-15(16)21/h2-9H,10-12H2,1H3. The Bertz CT molecular complexity index is 830. The maximum Gasteiger partial charge on any atom is 0.246 e. The maximum absolute atomic E-state index is 5.67. The Morgan fingerprint density at radius 2 is 1.96 bits per heavy atom. The Labute approximate surface area is 139 Å². The second kappa shape index (κ2) is 6.23. The van der Waals surface area contributed by atoms with Gasteiger partial charge in [0.25, 0.3) is 0 Å². The Hall–Kier alpha value is -3.02. The third-order valence-corrected chi connectivity index (χ3v) is 3.97. The smallest absolute Gasteiger partial charge is 0.246 e. The van der Waals surface area contributed by atoms with Gasteiger partial charge >= 0.3 is 0 Å². The first-order valence-corrected chi connectivity index (χ1v) is 7.77. The molecule has 24 heavy (non-hydrogen) atoms. The van der Waals surface area contributed by atoms with Gasteiger partial charge in [-0.15, -0.1) is 0 Å². The summed E-state index contributed by atoms with van der Waals surface area (Å²) in [6, 6.07) is 15.6. The number of nitrogens with zero attached hydrogens (tertiary/aromatic N) is 3. The van der Waals surface area contributed by atoms with Crippen LogP contribution in [0.25, 0.3) is 11.4 Å². The third-order valence-electron chi connectivity index (χ3n) is 3.97. The molecule has 1 aliphatic heterocycles. The number of hydrogen-bond donors (Lipinski definition) is 0. The number of rotatable bonds is 4. The zero-order chi connectivity index (χ0) is 16.4. The van der Waals surface area contributed by atoms with Gasteiger partial charge in [0.05, 0.1) is 25.9 Å². The first kappa shape index (κ1) is 14.6. The summed E-state index contributed by atoms with van der Waals surface area (Å²) in [6.07, 6.45) is 0. The number of benzene rings is 2. The van der Waals surface area contributed by atoms with Crippen LogP contribution < -0.4 is 14.4 Å². The van der Waals surface area contributed by atoms with Crippen molar-refractivity contribution < 1.29 is 14.0 Å². The van der Waals surface area contributed by atoms with Crippen molar-refractivity contribution in [1.29, 1.82) is 0 Å². The Morgan fingerprint density at radius 3 is 2.79 bits per heavy atom. The van der Waals surface area contributed by atoms with Gasteiger partial charge in [-0.3, -0.25) is 0 Å². The fourth-order valence-electron chi connectivity index (χ4n) is 2.73. The van der Waals surface area contributed by atoms with Crippen LogP contribution in [-0.2, 0) is 6.54 Å². The van der Waals surface area contributed by atoms with E-state index < -0.39 is 0 Å². The number of anilines is 1. The second-order valence-electron chi connectivity index (χ2n) is 5.48. The van der Waals surface area contributed by atoms with Crippen molar-refractivity contribution in [2.45, 2.75) is 6.54 Å². The van der Waals surface area contributed by atoms with Crippen molar-refractivity contribution >= 4 is 5.69 Å². The van der Waals surface area contributed by atoms with Crippen molar-refractivity contribution in [2.75, 3.05) is 25.2 Å². The van der Waals surface area contributed by atoms with Gasteiger partial charge in [0, 0.05) is 5.56 Å². The molecule has 6 heteroatoms. The molecule has 4 rings (SSSR count). The lowest BCUT2D eigenvalue weighted by Crippen LogP contribution is -2.32. The SMILES string of the molecule is COc1ccc(-c2noc(CN3CCOc4ccccc43)n2)cc1. The van der Waals surface area contributed by atoms with E-state index in [1.807, 2.05) is 48.5 Å². The molecule has 122 valence electrons. The van der Waals surface area contributed by atoms with Gasteiger partial charge in [-0.25, -0.2) is 0 Å². The van der Waals surface area contributed by atoms with Gasteiger partial charge in [-0.05, 0) is 36.4 Å². The normalized spacial score (nSPS) is 13.3. The Kier molecular flexibility index (Phi) is 3.78. The zero-order valence-electron chi connectivity index (χ0n) is 13.3. The van der Waals surface area contributed by atoms with Gasteiger partial charge in [0.15, 0.2) is 0 Å². The van der Waals surface area contributed by atoms with Crippen molar-refractivity contribution in [3.63, 3.8) is 0 Å². The summed E-state index contributed by atoms with van der Waals surface area (Å²) >= 11 is 0. The molecule has 0 unspecified atom stereocenters. The molecule has 0 saturated carbocycles. The molecule has 2 aromatic carbocycles. The molecule has 1 aromatic heterocycles. The summed E-state index contributed by atoms with van der Waals surface area (Å²) in [7, 11) is 1.64. The molecule has 0 N–H and O–H groups in total. The highest BCUT2D eigenvalue weighted by molar-refractivity contribution is 5.60. The predicted molar refractivity (Wildman–Crippen MR) is 89.3 cm³/mol. The average molecular weight is 323 g/mol. The van der Waals surface area contributed by atoms with Gasteiger partial charge in [-0.1, -0.05) is 17.3 Å². The molecule has 0 bridgehead atoms. The highest BCUT2D eigenvalue weighted by Gasteiger charge is 2.20. The van der Waals surface area contributed by atoms with Crippen LogP contribution in [0.2, 0.25) is 0 Å². The first-order valence-electron chi connectivity index (χ1n) is 7.77. The third kappa shape index (κ3) is 2.78. The summed E-state index contributed by atoms with van der Waals surface area (Å²) in [5.41, 5.74) is 1.95. The molecule has 0 spiro atoms. The number of para-hydroxylation sites is 2. The summed E-state index contributed by atoms with van der Waals surface area (Å²) in [5.74, 6) is 2.85. The first-order chi connectivity index (χ1) is 11.8. The monoisotopic (exact) mass is 323 g/mol. The summed E-state index contributed by atoms with van der Waals surface area (Å²) in [5, 5.41) is 4.08. The average Bonchev–Trinajstić information content (AvgIpc) is 3.11. The van der Waals surface area contributed by atoms with Crippen LogP contribution in [0.4, 0.5) is 5.69 Å². The van der Waals surface area contributed by atoms with E-state index in [1.54, 1.807) is 7.11 Å². The summed E-state index contributed by atoms with van der Waals surface area (Å²) in [6.45, 7) is 2.00. The molecule has 3 aromatic rings. The molecule has 0 amide bonds. The van der Waals surface area contributed by atoms with E-state index in [9.17, 15) is 0 Å². The predicted octanol–water partition coefficient (Wildman–Crippen LogP) is 3.14. The van der Waals surface area contributed by atoms with E-state index in [2.05, 4.69) is 15.0 Å². The second-order valence-corrected chi connectivity index (χ2v) is 5.48. The van der Waals surface area contributed by atoms with Crippen LogP contribution in [0.5, 0.6) is 11.5 Å². The van der Waals surface area contributed by atoms with Crippen molar-refractivity contribution in [3.05, 3.63) is 54.4 Å². The number of aromatic nitrogens is 2. The number of fused-ring (bicyclic) bond motifs is 1. The van der Waals surface area contributed by atoms with E-state index in [0.717, 1.165) is 29.3 Å². The minimum Gasteiger partial charge on any atom is -0.497 e. The molecule has 2 heterocycles. The fourth-order valence-corrected chi connectivity index (χ4v) is 2.73. The van der Waals surface area contributed by atoms with Crippen LogP contribution in [0.3, 0.4) is 0 Å². The molecule has 0 radical (unpaired) electrons. The van der Waals surface area contributed by atoms with E-state index in [1.165, 1.54) is 0 Å². The summed E-state index contributed by atoms with van der Waals surface area (Å²) in [4.78, 5) is 6.69. The van der Waals surface area contributed by atoms with E-state index >= 15 is 0 Å². The van der Waals surface area contributed by atoms with Crippen LogP contribution in [-0.4, -0.2) is 30.4 Å². The van der Waals surface area contributed by atoms with Crippen LogP contribution in [0.1, 0.15) is 5.89 Å². The van der Waals surface area contributed by atoms with Gasteiger partial charge in [0.2, 0.25) is 11.7 Å². The summed E-state index contributed by atoms with van der Waals surface area (Å²) < 4.78 is 16.2. The van der Waals surface area contributed by atoms with Crippen LogP contribution >= 0.6 is 0 Å². The topological polar surface area (TPSA) is 60.6 Å². The number of methoxy groups -OCH3 is 1. The molecule has 6 nitrogen and oxygen atoms in total. The number of hydrogen-bond acceptors (Lipinski definition) is 6. The van der Waals surface area contributed by atoms with Gasteiger partial charge in [0.1, 0.15) is 18.1 Å². The van der Waals surface area contributed by atoms with Crippen molar-refractivity contribution in [3.8, 4) is 22.9 Å². The highest BCUT2D eigenvalue weighted by Crippen LogP contribution is 2.32. The zero-order valence-corrected chi connectivity index (χ0v) is 13.3. The molecule has 0 fully saturated rings. The lowest BCUT2D eigenvalue weighted by Gasteiger charge is -2.29. The Balaban J connectivity index is 1.53. The largest absolute Gasteiger partial charge is 0.497 e. The molecule has 0 aliphatic carbocycles. The van der Waals surface area contributed by atoms with Crippen LogP contribution in [0.15, 0.2) is 53.1 Å². The van der Waals surface area contributed by atoms with Gasteiger partial charge in [-0.2, -0.15) is 4.98 Å². The minimum absolute atomic E-state index is 0.559. The highest BCUT2D eigenvalue weighted by atomic mass is 16.5. The Morgan fingerprint density at radius 1 is 1.12 bits per heavy atom. The molecule has 1 aliphatic rings. The number of ether oxygens (including phenoxy) is 2. The van der Waals surface area contributed by atoms with Crippen molar-refractivity contribution in [2.24, 2.45) is 0 Å². The maximum atomic E-state index is 5.67. The van der Waals surface area contributed by atoms with E-state index in [-0.39, 0.29) is 0 Å². The molecular formula is C18H17N3O3. The van der Waals surface area contributed by atoms with Gasteiger partial charge < -0.3 is 18.9 Å². The molecule has 0 saturated heterocycles. The minimum atomic E-state index is 0.559. The quantitative estimate of drug-likeness (QED) is 0.735. The van der Waals surface area contributed by atoms with E-state index in [0.29, 0.717) is 24.9 Å². The van der Waals surface area contributed by atoms with Crippen molar-refractivity contribution in [1.82, 2.24) is 10.1 Å².